The minimum Gasteiger partial charge on any atom is -0.459 e. The smallest absolute Gasteiger partial charge is 0.220 e. The summed E-state index contributed by atoms with van der Waals surface area (Å²) in [6.07, 6.45) is 10.4. The van der Waals surface area contributed by atoms with Gasteiger partial charge >= 0.3 is 0 Å². The van der Waals surface area contributed by atoms with Crippen molar-refractivity contribution in [1.29, 1.82) is 0 Å². The fourth-order valence-electron chi connectivity index (χ4n) is 5.46. The van der Waals surface area contributed by atoms with Gasteiger partial charge in [0, 0.05) is 36.5 Å². The monoisotopic (exact) mass is 441 g/mol. The first kappa shape index (κ1) is 21.4. The van der Waals surface area contributed by atoms with Gasteiger partial charge in [-0.3, -0.25) is 10.1 Å². The first-order chi connectivity index (χ1) is 15.7. The number of fused-ring (bicyclic) bond motifs is 2. The molecule has 4 unspecified atom stereocenters. The first-order valence-corrected chi connectivity index (χ1v) is 12.3. The van der Waals surface area contributed by atoms with Gasteiger partial charge < -0.3 is 20.4 Å². The Balaban J connectivity index is 1.17. The predicted octanol–water partition coefficient (Wildman–Crippen LogP) is 3.15. The van der Waals surface area contributed by atoms with Crippen LogP contribution in [0.25, 0.3) is 0 Å². The normalized spacial score (nSPS) is 33.6. The van der Waals surface area contributed by atoms with Gasteiger partial charge in [-0.15, -0.1) is 0 Å². The van der Waals surface area contributed by atoms with Crippen LogP contribution in [0.15, 0.2) is 32.0 Å². The molecule has 0 aromatic carbocycles. The molecule has 4 atom stereocenters. The molecule has 3 heterocycles. The van der Waals surface area contributed by atoms with E-state index in [0.29, 0.717) is 36.5 Å². The highest BCUT2D eigenvalue weighted by molar-refractivity contribution is 6.02. The SMILES string of the molecule is CCCC(=O)NC1CCC(NC2N=C(NC3CCC4CN=NC4C3)c3occc3N2)CC1. The summed E-state index contributed by atoms with van der Waals surface area (Å²) < 4.78 is 5.74. The molecule has 32 heavy (non-hydrogen) atoms. The molecule has 174 valence electrons. The van der Waals surface area contributed by atoms with Crippen LogP contribution in [-0.2, 0) is 4.79 Å². The van der Waals surface area contributed by atoms with E-state index in [1.165, 1.54) is 0 Å². The van der Waals surface area contributed by atoms with Crippen LogP contribution < -0.4 is 21.3 Å². The van der Waals surface area contributed by atoms with Crippen LogP contribution in [0, 0.1) is 5.92 Å². The average Bonchev–Trinajstić information content (AvgIpc) is 3.44. The average molecular weight is 442 g/mol. The molecule has 4 aliphatic rings. The number of azo groups is 1. The Morgan fingerprint density at radius 2 is 1.97 bits per heavy atom. The van der Waals surface area contributed by atoms with Crippen LogP contribution in [-0.4, -0.2) is 48.7 Å². The fourth-order valence-corrected chi connectivity index (χ4v) is 5.46. The van der Waals surface area contributed by atoms with Crippen molar-refractivity contribution in [2.24, 2.45) is 21.1 Å². The molecule has 9 nitrogen and oxygen atoms in total. The maximum atomic E-state index is 11.9. The Hall–Kier alpha value is -2.42. The van der Waals surface area contributed by atoms with Crippen LogP contribution in [0.4, 0.5) is 5.69 Å². The van der Waals surface area contributed by atoms with Gasteiger partial charge in [0.2, 0.25) is 5.91 Å². The van der Waals surface area contributed by atoms with Crippen molar-refractivity contribution in [3.05, 3.63) is 18.1 Å². The number of aliphatic imine (C=N–C) groups is 1. The molecule has 0 radical (unpaired) electrons. The Morgan fingerprint density at radius 1 is 1.16 bits per heavy atom. The number of anilines is 1. The summed E-state index contributed by atoms with van der Waals surface area (Å²) >= 11 is 0. The van der Waals surface area contributed by atoms with Crippen LogP contribution in [0.3, 0.4) is 0 Å². The molecule has 9 heteroatoms. The number of carbonyl (C=O) groups is 1. The van der Waals surface area contributed by atoms with Gasteiger partial charge in [0.1, 0.15) is 0 Å². The lowest BCUT2D eigenvalue weighted by atomic mass is 9.83. The standard InChI is InChI=1S/C23H35N7O2/c1-2-3-20(31)25-15-6-8-16(9-7-15)27-23-28-18-10-11-32-21(18)22(29-23)26-17-5-4-14-13-24-30-19(14)12-17/h10-11,14-17,19,23,27-28H,2-9,12-13H2,1H3,(H,25,31)(H,26,29). The predicted molar refractivity (Wildman–Crippen MR) is 123 cm³/mol. The zero-order valence-corrected chi connectivity index (χ0v) is 18.8. The number of amidine groups is 1. The van der Waals surface area contributed by atoms with Crippen molar-refractivity contribution in [2.75, 3.05) is 11.9 Å². The second kappa shape index (κ2) is 9.60. The third-order valence-electron chi connectivity index (χ3n) is 7.24. The Morgan fingerprint density at radius 3 is 2.81 bits per heavy atom. The van der Waals surface area contributed by atoms with Crippen molar-refractivity contribution in [3.8, 4) is 0 Å². The molecule has 2 aliphatic carbocycles. The lowest BCUT2D eigenvalue weighted by Gasteiger charge is -2.34. The molecule has 1 aromatic rings. The molecule has 2 saturated carbocycles. The van der Waals surface area contributed by atoms with Crippen molar-refractivity contribution in [1.82, 2.24) is 16.0 Å². The third kappa shape index (κ3) is 4.82. The number of rotatable bonds is 6. The zero-order valence-electron chi connectivity index (χ0n) is 18.8. The molecule has 2 fully saturated rings. The summed E-state index contributed by atoms with van der Waals surface area (Å²) in [6, 6.07) is 3.32. The molecule has 0 saturated heterocycles. The highest BCUT2D eigenvalue weighted by Crippen LogP contribution is 2.32. The van der Waals surface area contributed by atoms with E-state index in [1.807, 2.05) is 13.0 Å². The van der Waals surface area contributed by atoms with Crippen LogP contribution in [0.5, 0.6) is 0 Å². The molecule has 2 aliphatic heterocycles. The lowest BCUT2D eigenvalue weighted by molar-refractivity contribution is -0.122. The maximum Gasteiger partial charge on any atom is 0.220 e. The van der Waals surface area contributed by atoms with E-state index in [9.17, 15) is 4.79 Å². The van der Waals surface area contributed by atoms with Crippen molar-refractivity contribution in [2.45, 2.75) is 95.2 Å². The molecule has 1 amide bonds. The fraction of sp³-hybridized carbons (Fsp3) is 0.739. The van der Waals surface area contributed by atoms with E-state index in [-0.39, 0.29) is 12.2 Å². The third-order valence-corrected chi connectivity index (χ3v) is 7.24. The summed E-state index contributed by atoms with van der Waals surface area (Å²) in [5, 5.41) is 22.6. The van der Waals surface area contributed by atoms with E-state index in [1.54, 1.807) is 6.26 Å². The van der Waals surface area contributed by atoms with Gasteiger partial charge in [0.15, 0.2) is 17.9 Å². The Labute approximate surface area is 189 Å². The van der Waals surface area contributed by atoms with Crippen molar-refractivity contribution in [3.63, 3.8) is 0 Å². The summed E-state index contributed by atoms with van der Waals surface area (Å²) in [4.78, 5) is 16.8. The molecular formula is C23H35N7O2. The number of carbonyl (C=O) groups excluding carboxylic acids is 1. The highest BCUT2D eigenvalue weighted by Gasteiger charge is 2.35. The highest BCUT2D eigenvalue weighted by atomic mass is 16.3. The molecule has 1 aromatic heterocycles. The zero-order chi connectivity index (χ0) is 21.9. The van der Waals surface area contributed by atoms with Gasteiger partial charge in [-0.25, -0.2) is 4.99 Å². The minimum atomic E-state index is -0.193. The quantitative estimate of drug-likeness (QED) is 0.541. The number of amides is 1. The maximum absolute atomic E-state index is 11.9. The van der Waals surface area contributed by atoms with Gasteiger partial charge in [-0.05, 0) is 51.4 Å². The Kier molecular flexibility index (Phi) is 6.43. The second-order valence-electron chi connectivity index (χ2n) is 9.64. The van der Waals surface area contributed by atoms with Gasteiger partial charge in [-0.2, -0.15) is 10.2 Å². The number of nitrogens with one attached hydrogen (secondary N) is 4. The topological polar surface area (TPSA) is 115 Å². The summed E-state index contributed by atoms with van der Waals surface area (Å²) in [5.74, 6) is 2.40. The van der Waals surface area contributed by atoms with Gasteiger partial charge in [0.25, 0.3) is 0 Å². The van der Waals surface area contributed by atoms with E-state index >= 15 is 0 Å². The number of nitrogens with zero attached hydrogens (tertiary/aromatic N) is 3. The van der Waals surface area contributed by atoms with E-state index in [0.717, 1.165) is 75.2 Å². The Bertz CT molecular complexity index is 858. The minimum absolute atomic E-state index is 0.179. The summed E-state index contributed by atoms with van der Waals surface area (Å²) in [7, 11) is 0. The lowest BCUT2D eigenvalue weighted by Crippen LogP contribution is -2.50. The molecule has 0 spiro atoms. The van der Waals surface area contributed by atoms with E-state index < -0.39 is 0 Å². The van der Waals surface area contributed by atoms with Gasteiger partial charge in [-0.1, -0.05) is 6.92 Å². The van der Waals surface area contributed by atoms with Crippen LogP contribution in [0.2, 0.25) is 0 Å². The van der Waals surface area contributed by atoms with Gasteiger partial charge in [0.05, 0.1) is 24.5 Å². The number of hydrogen-bond acceptors (Lipinski definition) is 8. The molecule has 0 bridgehead atoms. The van der Waals surface area contributed by atoms with Crippen molar-refractivity contribution >= 4 is 17.4 Å². The molecular weight excluding hydrogens is 406 g/mol. The number of furan rings is 1. The molecule has 5 rings (SSSR count). The van der Waals surface area contributed by atoms with Crippen LogP contribution >= 0.6 is 0 Å². The second-order valence-corrected chi connectivity index (χ2v) is 9.64. The van der Waals surface area contributed by atoms with E-state index in [4.69, 9.17) is 9.41 Å². The van der Waals surface area contributed by atoms with Crippen LogP contribution in [0.1, 0.15) is 70.5 Å². The largest absolute Gasteiger partial charge is 0.459 e. The van der Waals surface area contributed by atoms with Crippen molar-refractivity contribution < 1.29 is 9.21 Å². The molecule has 4 N–H and O–H groups in total. The first-order valence-electron chi connectivity index (χ1n) is 12.3. The van der Waals surface area contributed by atoms with E-state index in [2.05, 4.69) is 31.5 Å². The summed E-state index contributed by atoms with van der Waals surface area (Å²) in [5.41, 5.74) is 0.967. The number of hydrogen-bond donors (Lipinski definition) is 4. The summed E-state index contributed by atoms with van der Waals surface area (Å²) in [6.45, 7) is 2.93.